The zero-order valence-corrected chi connectivity index (χ0v) is 13.6. The van der Waals surface area contributed by atoms with Gasteiger partial charge >= 0.3 is 0 Å². The van der Waals surface area contributed by atoms with Crippen molar-refractivity contribution >= 4 is 0 Å². The third kappa shape index (κ3) is 2.71. The number of rotatable bonds is 1. The molecule has 2 saturated carbocycles. The van der Waals surface area contributed by atoms with E-state index in [4.69, 9.17) is 0 Å². The maximum Gasteiger partial charge on any atom is 0.127 e. The molecule has 0 bridgehead atoms. The summed E-state index contributed by atoms with van der Waals surface area (Å²) in [5, 5.41) is 0. The van der Waals surface area contributed by atoms with Crippen LogP contribution in [0.15, 0.2) is 18.2 Å². The van der Waals surface area contributed by atoms with Gasteiger partial charge in [0.15, 0.2) is 0 Å². The number of fused-ring (bicyclic) bond motifs is 1. The number of benzene rings is 1. The molecule has 0 atom stereocenters. The van der Waals surface area contributed by atoms with E-state index < -0.39 is 0 Å². The highest BCUT2D eigenvalue weighted by molar-refractivity contribution is 5.30. The van der Waals surface area contributed by atoms with Crippen molar-refractivity contribution in [2.75, 3.05) is 6.54 Å². The molecule has 0 aromatic heterocycles. The van der Waals surface area contributed by atoms with Gasteiger partial charge in [0.2, 0.25) is 0 Å². The second kappa shape index (κ2) is 5.96. The number of nitrogens with zero attached hydrogens (tertiary/aromatic N) is 1. The monoisotopic (exact) mass is 301 g/mol. The van der Waals surface area contributed by atoms with Crippen LogP contribution >= 0.6 is 0 Å². The van der Waals surface area contributed by atoms with Crippen LogP contribution < -0.4 is 0 Å². The van der Waals surface area contributed by atoms with E-state index in [1.165, 1.54) is 63.4 Å². The van der Waals surface area contributed by atoms with Crippen LogP contribution in [0.2, 0.25) is 0 Å². The molecule has 2 fully saturated rings. The molecule has 0 unspecified atom stereocenters. The van der Waals surface area contributed by atoms with Gasteiger partial charge in [0.25, 0.3) is 0 Å². The molecule has 1 aliphatic heterocycles. The summed E-state index contributed by atoms with van der Waals surface area (Å²) >= 11 is 0. The molecule has 4 rings (SSSR count). The molecule has 0 amide bonds. The maximum atomic E-state index is 14.1. The van der Waals surface area contributed by atoms with Crippen LogP contribution in [0.3, 0.4) is 0 Å². The minimum atomic E-state index is 0.00163. The summed E-state index contributed by atoms with van der Waals surface area (Å²) in [6, 6.07) is 6.28. The van der Waals surface area contributed by atoms with Crippen LogP contribution in [0.1, 0.15) is 68.9 Å². The normalized spacial score (nSPS) is 26.0. The standard InChI is InChI=1S/C20H28FN/c21-19-6-4-5-16-9-14-22(15-18(16)19)17-7-12-20(13-8-17)10-2-1-3-11-20/h4-6,17H,1-3,7-15H2. The summed E-state index contributed by atoms with van der Waals surface area (Å²) in [5.41, 5.74) is 2.88. The van der Waals surface area contributed by atoms with Crippen molar-refractivity contribution in [3.63, 3.8) is 0 Å². The SMILES string of the molecule is Fc1cccc2c1CN(C1CCC3(CCCCC3)CC1)CC2. The van der Waals surface area contributed by atoms with Crippen LogP contribution in [0.5, 0.6) is 0 Å². The van der Waals surface area contributed by atoms with Gasteiger partial charge in [0, 0.05) is 24.7 Å². The third-order valence-corrected chi connectivity index (χ3v) is 6.69. The Kier molecular flexibility index (Phi) is 3.98. The molecule has 3 aliphatic rings. The van der Waals surface area contributed by atoms with E-state index in [0.29, 0.717) is 11.5 Å². The Morgan fingerprint density at radius 3 is 2.55 bits per heavy atom. The second-order valence-corrected chi connectivity index (χ2v) is 7.89. The highest BCUT2D eigenvalue weighted by Crippen LogP contribution is 2.48. The Balaban J connectivity index is 1.41. The quantitative estimate of drug-likeness (QED) is 0.699. The van der Waals surface area contributed by atoms with Crippen LogP contribution in [0.25, 0.3) is 0 Å². The Morgan fingerprint density at radius 2 is 1.77 bits per heavy atom. The molecule has 0 radical (unpaired) electrons. The first kappa shape index (κ1) is 14.7. The van der Waals surface area contributed by atoms with Gasteiger partial charge in [0.05, 0.1) is 0 Å². The first-order chi connectivity index (χ1) is 10.8. The topological polar surface area (TPSA) is 3.24 Å². The minimum absolute atomic E-state index is 0.00163. The van der Waals surface area contributed by atoms with Crippen molar-refractivity contribution in [1.82, 2.24) is 4.90 Å². The molecule has 0 N–H and O–H groups in total. The molecular weight excluding hydrogens is 273 g/mol. The van der Waals surface area contributed by atoms with Gasteiger partial charge in [-0.15, -0.1) is 0 Å². The molecule has 120 valence electrons. The lowest BCUT2D eigenvalue weighted by Crippen LogP contribution is -2.44. The lowest BCUT2D eigenvalue weighted by Gasteiger charge is -2.46. The van der Waals surface area contributed by atoms with E-state index >= 15 is 0 Å². The van der Waals surface area contributed by atoms with E-state index in [0.717, 1.165) is 25.1 Å². The zero-order valence-electron chi connectivity index (χ0n) is 13.6. The Labute approximate surface area is 133 Å². The van der Waals surface area contributed by atoms with Gasteiger partial charge in [-0.25, -0.2) is 4.39 Å². The summed E-state index contributed by atoms with van der Waals surface area (Å²) < 4.78 is 14.1. The molecule has 1 aromatic carbocycles. The highest BCUT2D eigenvalue weighted by Gasteiger charge is 2.38. The lowest BCUT2D eigenvalue weighted by atomic mass is 9.64. The van der Waals surface area contributed by atoms with E-state index in [2.05, 4.69) is 11.0 Å². The summed E-state index contributed by atoms with van der Waals surface area (Å²) in [7, 11) is 0. The highest BCUT2D eigenvalue weighted by atomic mass is 19.1. The summed E-state index contributed by atoms with van der Waals surface area (Å²) in [6.45, 7) is 1.95. The van der Waals surface area contributed by atoms with Gasteiger partial charge in [-0.05, 0) is 62.0 Å². The van der Waals surface area contributed by atoms with Gasteiger partial charge < -0.3 is 0 Å². The molecule has 1 spiro atoms. The lowest BCUT2D eigenvalue weighted by molar-refractivity contribution is 0.0539. The molecule has 1 aromatic rings. The third-order valence-electron chi connectivity index (χ3n) is 6.69. The fourth-order valence-corrected chi connectivity index (χ4v) is 5.25. The average Bonchev–Trinajstić information content (AvgIpc) is 2.57. The first-order valence-corrected chi connectivity index (χ1v) is 9.26. The van der Waals surface area contributed by atoms with Crippen molar-refractivity contribution in [2.24, 2.45) is 5.41 Å². The van der Waals surface area contributed by atoms with Crippen LogP contribution in [0.4, 0.5) is 4.39 Å². The van der Waals surface area contributed by atoms with E-state index in [9.17, 15) is 4.39 Å². The van der Waals surface area contributed by atoms with Crippen LogP contribution in [-0.4, -0.2) is 17.5 Å². The van der Waals surface area contributed by atoms with Gasteiger partial charge in [0.1, 0.15) is 5.82 Å². The van der Waals surface area contributed by atoms with Crippen molar-refractivity contribution in [3.05, 3.63) is 35.1 Å². The largest absolute Gasteiger partial charge is 0.296 e. The number of halogens is 1. The average molecular weight is 301 g/mol. The summed E-state index contributed by atoms with van der Waals surface area (Å²) in [5.74, 6) is 0.00163. The Morgan fingerprint density at radius 1 is 1.00 bits per heavy atom. The minimum Gasteiger partial charge on any atom is -0.296 e. The second-order valence-electron chi connectivity index (χ2n) is 7.89. The van der Waals surface area contributed by atoms with Gasteiger partial charge in [-0.2, -0.15) is 0 Å². The molecule has 1 nitrogen and oxygen atoms in total. The Hall–Kier alpha value is -0.890. The van der Waals surface area contributed by atoms with E-state index in [1.807, 2.05) is 6.07 Å². The molecule has 2 heteroatoms. The zero-order chi connectivity index (χ0) is 15.0. The molecule has 22 heavy (non-hydrogen) atoms. The van der Waals surface area contributed by atoms with E-state index in [1.54, 1.807) is 6.07 Å². The smallest absolute Gasteiger partial charge is 0.127 e. The van der Waals surface area contributed by atoms with Crippen molar-refractivity contribution in [3.8, 4) is 0 Å². The molecule has 1 heterocycles. The predicted molar refractivity (Wildman–Crippen MR) is 88.3 cm³/mol. The number of hydrogen-bond acceptors (Lipinski definition) is 1. The maximum absolute atomic E-state index is 14.1. The first-order valence-electron chi connectivity index (χ1n) is 9.26. The fourth-order valence-electron chi connectivity index (χ4n) is 5.25. The fraction of sp³-hybridized carbons (Fsp3) is 0.700. The molecule has 2 aliphatic carbocycles. The van der Waals surface area contributed by atoms with Gasteiger partial charge in [-0.1, -0.05) is 31.4 Å². The molecule has 0 saturated heterocycles. The number of hydrogen-bond donors (Lipinski definition) is 0. The summed E-state index contributed by atoms with van der Waals surface area (Å²) in [4.78, 5) is 2.57. The van der Waals surface area contributed by atoms with Gasteiger partial charge in [-0.3, -0.25) is 4.90 Å². The summed E-state index contributed by atoms with van der Waals surface area (Å²) in [6.07, 6.45) is 13.8. The van der Waals surface area contributed by atoms with Crippen molar-refractivity contribution in [1.29, 1.82) is 0 Å². The van der Waals surface area contributed by atoms with Crippen molar-refractivity contribution in [2.45, 2.75) is 76.8 Å². The van der Waals surface area contributed by atoms with Crippen LogP contribution in [0, 0.1) is 11.2 Å². The van der Waals surface area contributed by atoms with Crippen molar-refractivity contribution < 1.29 is 4.39 Å². The van der Waals surface area contributed by atoms with E-state index in [-0.39, 0.29) is 5.82 Å². The predicted octanol–water partition coefficient (Wildman–Crippen LogP) is 5.08. The molecular formula is C20H28FN. The van der Waals surface area contributed by atoms with Crippen LogP contribution in [-0.2, 0) is 13.0 Å². The Bertz CT molecular complexity index is 523.